The second kappa shape index (κ2) is 13.3. The van der Waals surface area contributed by atoms with Crippen LogP contribution < -0.4 is 15.8 Å². The maximum atomic E-state index is 15.8. The maximum absolute atomic E-state index is 15.8. The van der Waals surface area contributed by atoms with Gasteiger partial charge in [-0.1, -0.05) is 18.2 Å². The zero-order valence-corrected chi connectivity index (χ0v) is 27.2. The number of carboxylic acids is 1. The number of aromatic nitrogens is 2. The van der Waals surface area contributed by atoms with Crippen molar-refractivity contribution in [2.24, 2.45) is 7.05 Å². The first-order chi connectivity index (χ1) is 24.0. The summed E-state index contributed by atoms with van der Waals surface area (Å²) < 4.78 is 106. The molecule has 16 heteroatoms. The molecule has 0 spiro atoms. The topological polar surface area (TPSA) is 114 Å². The molecule has 1 amide bonds. The molecule has 1 aliphatic heterocycles. The van der Waals surface area contributed by atoms with Crippen molar-refractivity contribution in [2.45, 2.75) is 56.5 Å². The largest absolute Gasteiger partial charge is 0.480 e. The number of morpholine rings is 1. The van der Waals surface area contributed by atoms with E-state index in [1.807, 2.05) is 0 Å². The minimum absolute atomic E-state index is 0.0187. The Kier molecular flexibility index (Phi) is 9.33. The van der Waals surface area contributed by atoms with E-state index in [1.54, 1.807) is 0 Å². The van der Waals surface area contributed by atoms with E-state index in [4.69, 9.17) is 4.74 Å². The van der Waals surface area contributed by atoms with Gasteiger partial charge in [0.25, 0.3) is 11.5 Å². The molecule has 2 aromatic heterocycles. The van der Waals surface area contributed by atoms with Crippen molar-refractivity contribution in [1.29, 1.82) is 0 Å². The van der Waals surface area contributed by atoms with Gasteiger partial charge in [0.1, 0.15) is 17.9 Å². The minimum atomic E-state index is -4.89. The summed E-state index contributed by atoms with van der Waals surface area (Å²) in [7, 11) is 1.33. The van der Waals surface area contributed by atoms with Crippen molar-refractivity contribution in [3.63, 3.8) is 0 Å². The summed E-state index contributed by atoms with van der Waals surface area (Å²) >= 11 is 0. The number of ether oxygens (including phenoxy) is 1. The van der Waals surface area contributed by atoms with Crippen molar-refractivity contribution >= 4 is 28.5 Å². The third kappa shape index (κ3) is 7.01. The number of hydrogen-bond acceptors (Lipinski definition) is 6. The van der Waals surface area contributed by atoms with E-state index in [9.17, 15) is 45.8 Å². The first-order valence-corrected chi connectivity index (χ1v) is 15.9. The molecule has 270 valence electrons. The fourth-order valence-electron chi connectivity index (χ4n) is 6.49. The number of nitrogens with one attached hydrogen (secondary N) is 1. The molecule has 2 fully saturated rings. The van der Waals surface area contributed by atoms with E-state index in [0.717, 1.165) is 21.6 Å². The van der Waals surface area contributed by atoms with Crippen LogP contribution in [0, 0.1) is 12.7 Å². The molecule has 2 aliphatic rings. The van der Waals surface area contributed by atoms with Crippen LogP contribution in [0.4, 0.5) is 36.4 Å². The SMILES string of the molecule is Cc1cc(C(F)(F)F)c(-c2ccc(C[C@H](NC(=O)c3c(F)cc(N4CCOC[C@@H]4C(F)(F)F)cc3C3CC3)C(=O)O)c3cccnc23)c(=O)n1C. The molecular formula is C35H31F7N4O5. The van der Waals surface area contributed by atoms with Gasteiger partial charge in [0.2, 0.25) is 0 Å². The lowest BCUT2D eigenvalue weighted by atomic mass is 9.93. The number of pyridine rings is 2. The summed E-state index contributed by atoms with van der Waals surface area (Å²) in [4.78, 5) is 44.5. The molecule has 0 radical (unpaired) electrons. The summed E-state index contributed by atoms with van der Waals surface area (Å²) in [5.74, 6) is -4.06. The van der Waals surface area contributed by atoms with Gasteiger partial charge >= 0.3 is 18.3 Å². The van der Waals surface area contributed by atoms with E-state index in [-0.39, 0.29) is 58.0 Å². The standard InChI is InChI=1S/C35H31F7N4O5/c1-17-12-24(34(37,38)39)28(32(48)45(17)2)22-8-7-19(21-4-3-9-43-30(21)22)13-26(33(49)50)44-31(47)29-23(18-5-6-18)14-20(15-25(29)36)46-10-11-51-16-27(46)35(40,41)42/h3-4,7-9,12,14-15,18,26-27H,5-6,10-11,13,16H2,1-2H3,(H,44,47)(H,49,50)/t26-,27+/m0/s1. The van der Waals surface area contributed by atoms with E-state index in [1.165, 1.54) is 50.5 Å². The molecule has 0 bridgehead atoms. The number of carbonyl (C=O) groups is 2. The van der Waals surface area contributed by atoms with Crippen LogP contribution in [0.1, 0.15) is 51.5 Å². The van der Waals surface area contributed by atoms with Gasteiger partial charge in [0, 0.05) is 48.5 Å². The highest BCUT2D eigenvalue weighted by Crippen LogP contribution is 2.45. The van der Waals surface area contributed by atoms with Crippen molar-refractivity contribution < 1.29 is 50.2 Å². The van der Waals surface area contributed by atoms with Gasteiger partial charge < -0.3 is 24.6 Å². The Morgan fingerprint density at radius 2 is 1.82 bits per heavy atom. The zero-order valence-electron chi connectivity index (χ0n) is 27.2. The van der Waals surface area contributed by atoms with E-state index < -0.39 is 77.4 Å². The van der Waals surface area contributed by atoms with Gasteiger partial charge in [0.15, 0.2) is 0 Å². The smallest absolute Gasteiger partial charge is 0.417 e. The van der Waals surface area contributed by atoms with Crippen molar-refractivity contribution in [3.05, 3.63) is 92.8 Å². The van der Waals surface area contributed by atoms with Gasteiger partial charge in [-0.25, -0.2) is 9.18 Å². The number of carboxylic acid groups (broad SMARTS) is 1. The van der Waals surface area contributed by atoms with Crippen LogP contribution in [0.15, 0.2) is 53.5 Å². The zero-order chi connectivity index (χ0) is 37.0. The van der Waals surface area contributed by atoms with E-state index in [2.05, 4.69) is 10.3 Å². The highest BCUT2D eigenvalue weighted by Gasteiger charge is 2.46. The van der Waals surface area contributed by atoms with Crippen molar-refractivity contribution in [1.82, 2.24) is 14.9 Å². The monoisotopic (exact) mass is 720 g/mol. The fraction of sp³-hybridized carbons (Fsp3) is 0.371. The average Bonchev–Trinajstić information content (AvgIpc) is 3.92. The number of amides is 1. The summed E-state index contributed by atoms with van der Waals surface area (Å²) in [5, 5.41) is 12.7. The van der Waals surface area contributed by atoms with Gasteiger partial charge in [-0.05, 0) is 61.1 Å². The first-order valence-electron chi connectivity index (χ1n) is 15.9. The molecule has 6 rings (SSSR count). The Balaban J connectivity index is 1.35. The highest BCUT2D eigenvalue weighted by atomic mass is 19.4. The molecule has 9 nitrogen and oxygen atoms in total. The van der Waals surface area contributed by atoms with Crippen LogP contribution in [0.2, 0.25) is 0 Å². The van der Waals surface area contributed by atoms with Crippen LogP contribution in [-0.2, 0) is 29.2 Å². The third-order valence-electron chi connectivity index (χ3n) is 9.32. The Bertz CT molecular complexity index is 2090. The van der Waals surface area contributed by atoms with Gasteiger partial charge in [0.05, 0.1) is 35.4 Å². The van der Waals surface area contributed by atoms with Crippen molar-refractivity contribution in [3.8, 4) is 11.1 Å². The number of halogens is 7. The molecule has 2 aromatic carbocycles. The molecule has 4 aromatic rings. The summed E-state index contributed by atoms with van der Waals surface area (Å²) in [5.41, 5.74) is -2.97. The molecule has 1 aliphatic carbocycles. The number of carbonyl (C=O) groups excluding carboxylic acids is 1. The average molecular weight is 721 g/mol. The lowest BCUT2D eigenvalue weighted by Gasteiger charge is -2.38. The molecule has 2 atom stereocenters. The normalized spacial score (nSPS) is 17.4. The van der Waals surface area contributed by atoms with Crippen LogP contribution in [0.25, 0.3) is 22.0 Å². The highest BCUT2D eigenvalue weighted by molar-refractivity contribution is 6.00. The number of alkyl halides is 6. The fourth-order valence-corrected chi connectivity index (χ4v) is 6.49. The van der Waals surface area contributed by atoms with Crippen LogP contribution >= 0.6 is 0 Å². The molecule has 0 unspecified atom stereocenters. The predicted octanol–water partition coefficient (Wildman–Crippen LogP) is 6.14. The quantitative estimate of drug-likeness (QED) is 0.211. The van der Waals surface area contributed by atoms with Gasteiger partial charge in [-0.2, -0.15) is 26.3 Å². The molecule has 51 heavy (non-hydrogen) atoms. The molecule has 1 saturated carbocycles. The number of rotatable bonds is 8. The van der Waals surface area contributed by atoms with Gasteiger partial charge in [-0.3, -0.25) is 14.6 Å². The maximum Gasteiger partial charge on any atom is 0.417 e. The van der Waals surface area contributed by atoms with E-state index >= 15 is 4.39 Å². The number of nitrogens with zero attached hydrogens (tertiary/aromatic N) is 3. The summed E-state index contributed by atoms with van der Waals surface area (Å²) in [6.07, 6.45) is -7.58. The number of aryl methyl sites for hydroxylation is 1. The Morgan fingerprint density at radius 1 is 1.10 bits per heavy atom. The number of hydrogen-bond donors (Lipinski definition) is 2. The molecule has 2 N–H and O–H groups in total. The van der Waals surface area contributed by atoms with Crippen LogP contribution in [0.3, 0.4) is 0 Å². The minimum Gasteiger partial charge on any atom is -0.480 e. The number of benzene rings is 2. The molecule has 1 saturated heterocycles. The van der Waals surface area contributed by atoms with Gasteiger partial charge in [-0.15, -0.1) is 0 Å². The number of aliphatic carboxylic acids is 1. The lowest BCUT2D eigenvalue weighted by Crippen LogP contribution is -2.53. The molecular weight excluding hydrogens is 689 g/mol. The second-order valence-corrected chi connectivity index (χ2v) is 12.7. The number of fused-ring (bicyclic) bond motifs is 1. The number of anilines is 1. The molecule has 3 heterocycles. The Labute approximate surface area is 285 Å². The van der Waals surface area contributed by atoms with E-state index in [0.29, 0.717) is 12.8 Å². The van der Waals surface area contributed by atoms with Crippen LogP contribution in [-0.4, -0.2) is 64.6 Å². The second-order valence-electron chi connectivity index (χ2n) is 12.7. The lowest BCUT2D eigenvalue weighted by molar-refractivity contribution is -0.167. The summed E-state index contributed by atoms with van der Waals surface area (Å²) in [6.45, 7) is 0.522. The van der Waals surface area contributed by atoms with Crippen molar-refractivity contribution in [2.75, 3.05) is 24.7 Å². The summed E-state index contributed by atoms with van der Waals surface area (Å²) in [6, 6.07) is 4.83. The third-order valence-corrected chi connectivity index (χ3v) is 9.32. The Morgan fingerprint density at radius 3 is 2.47 bits per heavy atom. The predicted molar refractivity (Wildman–Crippen MR) is 171 cm³/mol. The first kappa shape index (κ1) is 35.8. The van der Waals surface area contributed by atoms with Crippen LogP contribution in [0.5, 0.6) is 0 Å². The Hall–Kier alpha value is -4.99.